The molecule has 0 radical (unpaired) electrons. The van der Waals surface area contributed by atoms with Crippen molar-refractivity contribution < 1.29 is 33.6 Å². The van der Waals surface area contributed by atoms with Gasteiger partial charge in [-0.15, -0.1) is 0 Å². The third-order valence-electron chi connectivity index (χ3n) is 11.5. The van der Waals surface area contributed by atoms with Crippen LogP contribution < -0.4 is 32.3 Å². The summed E-state index contributed by atoms with van der Waals surface area (Å²) in [6.45, 7) is 1.54. The number of ketones is 1. The van der Waals surface area contributed by atoms with Gasteiger partial charge < -0.3 is 37.2 Å². The summed E-state index contributed by atoms with van der Waals surface area (Å²) in [7, 11) is 0. The monoisotopic (exact) mass is 781 g/mol. The molecule has 3 aliphatic rings. The molecule has 7 N–H and O–H groups in total. The van der Waals surface area contributed by atoms with Crippen LogP contribution in [0.5, 0.6) is 0 Å². The minimum Gasteiger partial charge on any atom is -0.363 e. The molecule has 0 bridgehead atoms. The SMILES string of the molecule is CC[C@H](NC(=O)[C@@H](NC(=O)c1cnccn1)C1CCCCC1)C(=O)N[C@H]1CN(C(=O)Nc2ccc3ccccc3c2)C[C@H]1C(=O)N[C@@H](CC1CCC1)C(=O)C(N)=O. The molecule has 2 aliphatic carbocycles. The second-order valence-electron chi connectivity index (χ2n) is 15.4. The van der Waals surface area contributed by atoms with E-state index in [2.05, 4.69) is 36.6 Å². The average Bonchev–Trinajstić information content (AvgIpc) is 3.63. The van der Waals surface area contributed by atoms with Crippen LogP contribution in [0.3, 0.4) is 0 Å². The molecular formula is C41H51N9O7. The van der Waals surface area contributed by atoms with Crippen molar-refractivity contribution in [1.29, 1.82) is 0 Å². The smallest absolute Gasteiger partial charge is 0.321 e. The molecule has 2 saturated carbocycles. The number of fused-ring (bicyclic) bond motifs is 1. The van der Waals surface area contributed by atoms with Crippen LogP contribution in [0.4, 0.5) is 10.5 Å². The van der Waals surface area contributed by atoms with E-state index in [0.717, 1.165) is 62.1 Å². The highest BCUT2D eigenvalue weighted by atomic mass is 16.2. The number of carbonyl (C=O) groups excluding carboxylic acids is 7. The van der Waals surface area contributed by atoms with Crippen LogP contribution in [0.15, 0.2) is 61.1 Å². The third kappa shape index (κ3) is 10.3. The molecule has 16 nitrogen and oxygen atoms in total. The quantitative estimate of drug-likeness (QED) is 0.124. The predicted molar refractivity (Wildman–Crippen MR) is 210 cm³/mol. The Bertz CT molecular complexity index is 1970. The van der Waals surface area contributed by atoms with Crippen LogP contribution in [0, 0.1) is 17.8 Å². The van der Waals surface area contributed by atoms with E-state index in [1.54, 1.807) is 13.0 Å². The fourth-order valence-corrected chi connectivity index (χ4v) is 7.99. The maximum atomic E-state index is 14.0. The molecule has 0 spiro atoms. The number of primary amides is 1. The Morgan fingerprint density at radius 3 is 2.25 bits per heavy atom. The van der Waals surface area contributed by atoms with Crippen molar-refractivity contribution in [3.8, 4) is 0 Å². The molecule has 57 heavy (non-hydrogen) atoms. The number of anilines is 1. The lowest BCUT2D eigenvalue weighted by atomic mass is 9.80. The maximum Gasteiger partial charge on any atom is 0.321 e. The van der Waals surface area contributed by atoms with Gasteiger partial charge in [0.2, 0.25) is 23.5 Å². The minimum atomic E-state index is -1.16. The summed E-state index contributed by atoms with van der Waals surface area (Å²) >= 11 is 0. The highest BCUT2D eigenvalue weighted by Gasteiger charge is 2.43. The molecule has 1 aromatic heterocycles. The van der Waals surface area contributed by atoms with Crippen molar-refractivity contribution in [1.82, 2.24) is 36.1 Å². The summed E-state index contributed by atoms with van der Waals surface area (Å²) in [5.74, 6) is -5.39. The zero-order valence-electron chi connectivity index (χ0n) is 32.1. The maximum absolute atomic E-state index is 14.0. The van der Waals surface area contributed by atoms with E-state index < -0.39 is 71.4 Å². The van der Waals surface area contributed by atoms with Crippen LogP contribution in [-0.2, 0) is 24.0 Å². The molecule has 1 saturated heterocycles. The van der Waals surface area contributed by atoms with Crippen molar-refractivity contribution in [2.75, 3.05) is 18.4 Å². The number of hydrogen-bond donors (Lipinski definition) is 6. The van der Waals surface area contributed by atoms with Crippen LogP contribution in [0.25, 0.3) is 10.8 Å². The third-order valence-corrected chi connectivity index (χ3v) is 11.5. The van der Waals surface area contributed by atoms with E-state index in [9.17, 15) is 33.6 Å². The number of nitrogens with two attached hydrogens (primary N) is 1. The molecule has 0 unspecified atom stereocenters. The van der Waals surface area contributed by atoms with Gasteiger partial charge in [0.25, 0.3) is 11.8 Å². The summed E-state index contributed by atoms with van der Waals surface area (Å²) in [6.07, 6.45) is 11.5. The number of amides is 7. The van der Waals surface area contributed by atoms with Gasteiger partial charge in [0.1, 0.15) is 17.8 Å². The zero-order valence-corrected chi connectivity index (χ0v) is 32.1. The molecular weight excluding hydrogens is 731 g/mol. The van der Waals surface area contributed by atoms with Gasteiger partial charge >= 0.3 is 6.03 Å². The molecule has 3 aromatic rings. The van der Waals surface area contributed by atoms with Crippen molar-refractivity contribution in [3.63, 3.8) is 0 Å². The van der Waals surface area contributed by atoms with Crippen molar-refractivity contribution in [2.45, 2.75) is 95.3 Å². The van der Waals surface area contributed by atoms with Crippen LogP contribution in [-0.4, -0.2) is 93.5 Å². The summed E-state index contributed by atoms with van der Waals surface area (Å²) in [6, 6.07) is 8.61. The standard InChI is InChI=1S/C41H51N9O7/c1-2-30(46-40(56)34(26-12-4-3-5-13-26)49-39(55)32-21-43-17-18-44-32)38(54)48-33-23-50(41(57)45-28-16-15-25-11-6-7-14-27(25)20-28)22-29(33)37(53)47-31(35(51)36(42)52)19-24-9-8-10-24/h6-7,11,14-18,20-21,24,26,29-31,33-34H,2-5,8-10,12-13,19,22-23H2,1H3,(H2,42,52)(H,45,57)(H,46,56)(H,47,53)(H,48,54)(H,49,55)/t29-,30+,31+,33+,34+/m1/s1. The summed E-state index contributed by atoms with van der Waals surface area (Å²) in [4.78, 5) is 103. The number of urea groups is 1. The number of rotatable bonds is 15. The Balaban J connectivity index is 1.18. The zero-order chi connectivity index (χ0) is 40.5. The normalized spacial score (nSPS) is 20.0. The summed E-state index contributed by atoms with van der Waals surface area (Å²) < 4.78 is 0. The molecule has 16 heteroatoms. The topological polar surface area (TPSA) is 235 Å². The van der Waals surface area contributed by atoms with E-state index >= 15 is 0 Å². The molecule has 1 aliphatic heterocycles. The number of likely N-dealkylation sites (tertiary alicyclic amines) is 1. The van der Waals surface area contributed by atoms with E-state index in [-0.39, 0.29) is 43.5 Å². The molecule has 3 fully saturated rings. The first kappa shape index (κ1) is 40.7. The molecule has 2 heterocycles. The van der Waals surface area contributed by atoms with Gasteiger partial charge in [0.05, 0.1) is 24.2 Å². The van der Waals surface area contributed by atoms with Crippen molar-refractivity contribution in [3.05, 3.63) is 66.7 Å². The van der Waals surface area contributed by atoms with Crippen LogP contribution in [0.2, 0.25) is 0 Å². The fraction of sp³-hybridized carbons (Fsp3) is 0.488. The van der Waals surface area contributed by atoms with Gasteiger partial charge in [-0.2, -0.15) is 0 Å². The van der Waals surface area contributed by atoms with Gasteiger partial charge in [0.15, 0.2) is 0 Å². The van der Waals surface area contributed by atoms with E-state index in [1.165, 1.54) is 23.5 Å². The van der Waals surface area contributed by atoms with E-state index in [4.69, 9.17) is 5.73 Å². The van der Waals surface area contributed by atoms with Crippen LogP contribution >= 0.6 is 0 Å². The number of benzene rings is 2. The Morgan fingerprint density at radius 2 is 1.58 bits per heavy atom. The van der Waals surface area contributed by atoms with Crippen molar-refractivity contribution >= 4 is 57.8 Å². The second kappa shape index (κ2) is 18.8. The van der Waals surface area contributed by atoms with Gasteiger partial charge in [0, 0.05) is 31.2 Å². The molecule has 6 rings (SSSR count). The van der Waals surface area contributed by atoms with E-state index in [0.29, 0.717) is 5.69 Å². The van der Waals surface area contributed by atoms with Gasteiger partial charge in [-0.05, 0) is 60.4 Å². The Hall–Kier alpha value is -5.93. The highest BCUT2D eigenvalue weighted by molar-refractivity contribution is 6.37. The molecule has 5 atom stereocenters. The van der Waals surface area contributed by atoms with Crippen LogP contribution in [0.1, 0.15) is 81.6 Å². The first-order valence-electron chi connectivity index (χ1n) is 19.9. The lowest BCUT2D eigenvalue weighted by Crippen LogP contribution is -2.58. The average molecular weight is 782 g/mol. The Kier molecular flexibility index (Phi) is 13.4. The lowest BCUT2D eigenvalue weighted by Gasteiger charge is -2.31. The Morgan fingerprint density at radius 1 is 0.825 bits per heavy atom. The molecule has 2 aromatic carbocycles. The largest absolute Gasteiger partial charge is 0.363 e. The predicted octanol–water partition coefficient (Wildman–Crippen LogP) is 2.58. The summed E-state index contributed by atoms with van der Waals surface area (Å²) in [5.41, 5.74) is 5.95. The second-order valence-corrected chi connectivity index (χ2v) is 15.4. The number of aromatic nitrogens is 2. The number of carbonyl (C=O) groups is 7. The summed E-state index contributed by atoms with van der Waals surface area (Å²) in [5, 5.41) is 16.0. The molecule has 302 valence electrons. The Labute approximate surface area is 330 Å². The first-order chi connectivity index (χ1) is 27.5. The van der Waals surface area contributed by atoms with Crippen molar-refractivity contribution in [2.24, 2.45) is 23.5 Å². The lowest BCUT2D eigenvalue weighted by molar-refractivity contribution is -0.139. The van der Waals surface area contributed by atoms with Gasteiger partial charge in [-0.3, -0.25) is 33.8 Å². The van der Waals surface area contributed by atoms with Gasteiger partial charge in [-0.25, -0.2) is 9.78 Å². The van der Waals surface area contributed by atoms with Gasteiger partial charge in [-0.1, -0.05) is 75.8 Å². The fourth-order valence-electron chi connectivity index (χ4n) is 7.99. The highest BCUT2D eigenvalue weighted by Crippen LogP contribution is 2.31. The molecule has 7 amide bonds. The number of hydrogen-bond acceptors (Lipinski definition) is 9. The first-order valence-corrected chi connectivity index (χ1v) is 19.9. The number of nitrogens with one attached hydrogen (secondary N) is 5. The number of Topliss-reactive ketones (excluding diaryl/α,β-unsaturated/α-hetero) is 1. The minimum absolute atomic E-state index is 0.0584. The number of nitrogens with zero attached hydrogens (tertiary/aromatic N) is 3. The van der Waals surface area contributed by atoms with E-state index in [1.807, 2.05) is 36.4 Å².